The summed E-state index contributed by atoms with van der Waals surface area (Å²) in [4.78, 5) is 0. The average Bonchev–Trinajstić information content (AvgIpc) is 3.43. The summed E-state index contributed by atoms with van der Waals surface area (Å²) in [5.74, 6) is 0. The Morgan fingerprint density at radius 3 is 0.427 bits per heavy atom. The predicted octanol–water partition coefficient (Wildman–Crippen LogP) is 29.7. The fourth-order valence-corrected chi connectivity index (χ4v) is 23.7. The molecule has 2 aromatic rings. The van der Waals surface area contributed by atoms with E-state index >= 15 is 0 Å². The zero-order valence-electron chi connectivity index (χ0n) is 57.5. The van der Waals surface area contributed by atoms with Gasteiger partial charge in [0, 0.05) is 0 Å². The molecule has 0 aliphatic heterocycles. The molecule has 0 amide bonds. The molecule has 82 heavy (non-hydrogen) atoms. The maximum absolute atomic E-state index is 2.91. The molecule has 480 valence electrons. The van der Waals surface area contributed by atoms with Gasteiger partial charge in [0.25, 0.3) is 0 Å². The average molecular weight is 1210 g/mol. The minimum Gasteiger partial charge on any atom is -0.102 e. The lowest BCUT2D eigenvalue weighted by Gasteiger charge is -2.26. The third kappa shape index (κ3) is 43.2. The Bertz CT molecular complexity index is 1340. The van der Waals surface area contributed by atoms with Crippen LogP contribution in [0.25, 0.3) is 10.8 Å². The van der Waals surface area contributed by atoms with Crippen LogP contribution in [0.5, 0.6) is 0 Å². The molecule has 0 N–H and O–H groups in total. The maximum atomic E-state index is 2.91. The van der Waals surface area contributed by atoms with Crippen LogP contribution < -0.4 is 0 Å². The molecule has 2 aromatic carbocycles. The number of rotatable bonds is 64. The van der Waals surface area contributed by atoms with Gasteiger partial charge in [-0.25, -0.2) is 0 Å². The van der Waals surface area contributed by atoms with E-state index in [1.165, 1.54) is 382 Å². The summed E-state index contributed by atoms with van der Waals surface area (Å²) in [6.45, 7) is 19.1. The first kappa shape index (κ1) is 78.5. The van der Waals surface area contributed by atoms with Crippen molar-refractivity contribution in [3.05, 3.63) is 46.5 Å². The molecular formula is C78H148P4. The van der Waals surface area contributed by atoms with Gasteiger partial charge >= 0.3 is 0 Å². The molecule has 2 rings (SSSR count). The topological polar surface area (TPSA) is 0 Å². The van der Waals surface area contributed by atoms with Crippen molar-refractivity contribution < 1.29 is 0 Å². The lowest BCUT2D eigenvalue weighted by molar-refractivity contribution is 0.621. The Hall–Kier alpha value is 0.420. The summed E-state index contributed by atoms with van der Waals surface area (Å²) in [7, 11) is 0.0116. The van der Waals surface area contributed by atoms with Crippen molar-refractivity contribution in [1.82, 2.24) is 0 Å². The van der Waals surface area contributed by atoms with E-state index in [0.717, 1.165) is 0 Å². The van der Waals surface area contributed by atoms with Crippen molar-refractivity contribution in [1.29, 1.82) is 0 Å². The highest BCUT2D eigenvalue weighted by Crippen LogP contribution is 2.50. The van der Waals surface area contributed by atoms with Gasteiger partial charge in [-0.3, -0.25) is 0 Å². The second-order valence-electron chi connectivity index (χ2n) is 26.8. The van der Waals surface area contributed by atoms with Gasteiger partial charge in [0.15, 0.2) is 0 Å². The van der Waals surface area contributed by atoms with E-state index in [0.29, 0.717) is 0 Å². The quantitative estimate of drug-likeness (QED) is 0.0457. The van der Waals surface area contributed by atoms with Crippen molar-refractivity contribution in [2.24, 2.45) is 0 Å². The molecule has 0 atom stereocenters. The van der Waals surface area contributed by atoms with Crippen LogP contribution in [-0.4, -0.2) is 49.3 Å². The molecular weight excluding hydrogens is 1060 g/mol. The van der Waals surface area contributed by atoms with E-state index < -0.39 is 0 Å². The number of hydrogen-bond acceptors (Lipinski definition) is 0. The highest BCUT2D eigenvalue weighted by Gasteiger charge is 2.21. The van der Waals surface area contributed by atoms with Gasteiger partial charge in [-0.1, -0.05) is 336 Å². The molecule has 0 saturated carbocycles. The lowest BCUT2D eigenvalue weighted by Crippen LogP contribution is -2.04. The van der Waals surface area contributed by atoms with Gasteiger partial charge < -0.3 is 0 Å². The van der Waals surface area contributed by atoms with Gasteiger partial charge in [-0.15, -0.1) is 31.7 Å². The van der Waals surface area contributed by atoms with Crippen LogP contribution in [0, 0.1) is 0 Å². The van der Waals surface area contributed by atoms with Crippen molar-refractivity contribution >= 4 is 42.5 Å². The van der Waals surface area contributed by atoms with Gasteiger partial charge in [0.05, 0.1) is 0 Å². The second kappa shape index (κ2) is 59.1. The van der Waals surface area contributed by atoms with Gasteiger partial charge in [0.2, 0.25) is 0 Å². The first-order valence-electron chi connectivity index (χ1n) is 37.9. The van der Waals surface area contributed by atoms with E-state index in [2.05, 4.69) is 79.7 Å². The zero-order chi connectivity index (χ0) is 59.0. The molecule has 0 nitrogen and oxygen atoms in total. The van der Waals surface area contributed by atoms with Gasteiger partial charge in [0.1, 0.15) is 0 Å². The summed E-state index contributed by atoms with van der Waals surface area (Å²) < 4.78 is 0. The molecule has 0 radical (unpaired) electrons. The van der Waals surface area contributed by atoms with E-state index in [1.54, 1.807) is 10.8 Å². The first-order valence-corrected chi connectivity index (χ1v) is 45.5. The molecule has 0 unspecified atom stereocenters. The van der Waals surface area contributed by atoms with Crippen LogP contribution in [0.1, 0.15) is 386 Å². The van der Waals surface area contributed by atoms with E-state index in [-0.39, 0.29) is 31.7 Å². The molecule has 0 aliphatic carbocycles. The van der Waals surface area contributed by atoms with Crippen LogP contribution in [0.4, 0.5) is 0 Å². The Kier molecular flexibility index (Phi) is 56.6. The summed E-state index contributed by atoms with van der Waals surface area (Å²) in [5, 5.41) is 3.29. The monoisotopic (exact) mass is 1210 g/mol. The smallest absolute Gasteiger partial charge is 0.00700 e. The SMILES string of the molecule is CCCCCCCCP(CCCCCCCC)Cc1cc2cc(CP(CCCCCCCC)CCCCCCCC)c(CP(CCCCCCCC)CCCCCCCC)cc2cc1CP(CCCCCCCC)CCCCCCCC. The van der Waals surface area contributed by atoms with Gasteiger partial charge in [-0.05, 0) is 158 Å². The maximum Gasteiger partial charge on any atom is -0.00700 e. The van der Waals surface area contributed by atoms with Crippen LogP contribution in [0.2, 0.25) is 0 Å². The minimum absolute atomic E-state index is 0.00290. The molecule has 0 fully saturated rings. The second-order valence-corrected chi connectivity index (χ2v) is 37.0. The third-order valence-corrected chi connectivity index (χ3v) is 29.4. The summed E-state index contributed by atoms with van der Waals surface area (Å²) in [6, 6.07) is 11.7. The van der Waals surface area contributed by atoms with E-state index in [9.17, 15) is 0 Å². The summed E-state index contributed by atoms with van der Waals surface area (Å²) in [6.07, 6.45) is 86.9. The molecule has 0 aromatic heterocycles. The highest BCUT2D eigenvalue weighted by molar-refractivity contribution is 7.57. The van der Waals surface area contributed by atoms with Crippen LogP contribution in [0.3, 0.4) is 0 Å². The Morgan fingerprint density at radius 1 is 0.171 bits per heavy atom. The largest absolute Gasteiger partial charge is 0.102 e. The Balaban J connectivity index is 2.85. The van der Waals surface area contributed by atoms with Crippen LogP contribution >= 0.6 is 31.7 Å². The van der Waals surface area contributed by atoms with Crippen molar-refractivity contribution in [2.45, 2.75) is 388 Å². The first-order chi connectivity index (χ1) is 40.5. The molecule has 0 bridgehead atoms. The van der Waals surface area contributed by atoms with Crippen molar-refractivity contribution in [3.8, 4) is 0 Å². The highest BCUT2D eigenvalue weighted by atomic mass is 31.1. The number of benzene rings is 2. The van der Waals surface area contributed by atoms with Crippen LogP contribution in [-0.2, 0) is 24.6 Å². The van der Waals surface area contributed by atoms with E-state index in [4.69, 9.17) is 0 Å². The zero-order valence-corrected chi connectivity index (χ0v) is 61.1. The molecule has 0 heterocycles. The van der Waals surface area contributed by atoms with Gasteiger partial charge in [-0.2, -0.15) is 0 Å². The lowest BCUT2D eigenvalue weighted by atomic mass is 9.98. The summed E-state index contributed by atoms with van der Waals surface area (Å²) in [5.41, 5.74) is 7.34. The molecule has 0 aliphatic rings. The van der Waals surface area contributed by atoms with E-state index in [1.807, 2.05) is 22.3 Å². The molecule has 0 saturated heterocycles. The van der Waals surface area contributed by atoms with Crippen molar-refractivity contribution in [3.63, 3.8) is 0 Å². The number of fused-ring (bicyclic) bond motifs is 1. The van der Waals surface area contributed by atoms with Crippen molar-refractivity contribution in [2.75, 3.05) is 49.3 Å². The fraction of sp³-hybridized carbons (Fsp3) is 0.872. The molecule has 0 spiro atoms. The minimum atomic E-state index is 0.00290. The summed E-state index contributed by atoms with van der Waals surface area (Å²) >= 11 is 0. The normalized spacial score (nSPS) is 12.1. The number of unbranched alkanes of at least 4 members (excludes halogenated alkanes) is 40. The standard InChI is InChI=1S/C78H148P4/c1-9-17-25-33-41-49-57-79(58-50-42-34-26-18-10-2)69-75-65-73-67-77(71-81(61-53-45-37-29-21-13-5)62-54-46-38-30-22-14-6)78(72-82(63-55-47-39-31-23-15-7)64-56-48-40-32-24-16-8)68-74(73)66-76(75)70-80(59-51-43-35-27-19-11-3)60-52-44-36-28-20-12-4/h65-68H,9-64,69-72H2,1-8H3. The Labute approximate surface area is 523 Å². The third-order valence-electron chi connectivity index (χ3n) is 18.7. The predicted molar refractivity (Wildman–Crippen MR) is 392 cm³/mol. The van der Waals surface area contributed by atoms with Crippen LogP contribution in [0.15, 0.2) is 24.3 Å². The Morgan fingerprint density at radius 2 is 0.293 bits per heavy atom. The fourth-order valence-electron chi connectivity index (χ4n) is 13.1. The molecule has 4 heteroatoms. The number of hydrogen-bond donors (Lipinski definition) is 0.